The number of carbonyl (C=O) groups is 1. The van der Waals surface area contributed by atoms with Gasteiger partial charge < -0.3 is 14.6 Å². The zero-order valence-electron chi connectivity index (χ0n) is 14.2. The molecular formula is C18H19F3N2O3. The highest BCUT2D eigenvalue weighted by atomic mass is 19.4. The molecular weight excluding hydrogens is 349 g/mol. The molecule has 0 saturated carbocycles. The first-order valence-corrected chi connectivity index (χ1v) is 8.00. The van der Waals surface area contributed by atoms with E-state index in [-0.39, 0.29) is 6.54 Å². The number of carbonyl (C=O) groups excluding carboxylic acids is 1. The molecule has 8 heteroatoms. The average Bonchev–Trinajstić information content (AvgIpc) is 2.59. The first-order valence-electron chi connectivity index (χ1n) is 8.00. The second-order valence-corrected chi connectivity index (χ2v) is 5.54. The third-order valence-electron chi connectivity index (χ3n) is 3.70. The van der Waals surface area contributed by atoms with Crippen molar-refractivity contribution < 1.29 is 22.7 Å². The van der Waals surface area contributed by atoms with Crippen LogP contribution in [0.4, 0.5) is 13.2 Å². The zero-order chi connectivity index (χ0) is 19.2. The molecule has 0 spiro atoms. The average molecular weight is 368 g/mol. The summed E-state index contributed by atoms with van der Waals surface area (Å²) in [6.07, 6.45) is -3.60. The predicted molar refractivity (Wildman–Crippen MR) is 89.3 cm³/mol. The van der Waals surface area contributed by atoms with E-state index < -0.39 is 29.8 Å². The van der Waals surface area contributed by atoms with Gasteiger partial charge >= 0.3 is 6.18 Å². The SMILES string of the molecule is CCOCc1ccccc1CNC(=O)Cn1cccc(C(F)(F)F)c1=O. The lowest BCUT2D eigenvalue weighted by atomic mass is 10.1. The molecule has 1 aromatic heterocycles. The van der Waals surface area contributed by atoms with E-state index >= 15 is 0 Å². The van der Waals surface area contributed by atoms with Gasteiger partial charge in [-0.3, -0.25) is 9.59 Å². The molecule has 5 nitrogen and oxygen atoms in total. The molecule has 1 N–H and O–H groups in total. The topological polar surface area (TPSA) is 60.3 Å². The molecule has 0 aliphatic rings. The number of halogens is 3. The molecule has 140 valence electrons. The Hall–Kier alpha value is -2.61. The maximum atomic E-state index is 12.8. The van der Waals surface area contributed by atoms with Crippen LogP contribution in [0.3, 0.4) is 0 Å². The number of hydrogen-bond donors (Lipinski definition) is 1. The molecule has 0 saturated heterocycles. The van der Waals surface area contributed by atoms with Gasteiger partial charge in [0.1, 0.15) is 12.1 Å². The maximum Gasteiger partial charge on any atom is 0.421 e. The predicted octanol–water partition coefficient (Wildman–Crippen LogP) is 2.72. The van der Waals surface area contributed by atoms with Gasteiger partial charge in [-0.15, -0.1) is 0 Å². The Morgan fingerprint density at radius 2 is 1.85 bits per heavy atom. The van der Waals surface area contributed by atoms with E-state index in [0.29, 0.717) is 19.3 Å². The van der Waals surface area contributed by atoms with Gasteiger partial charge in [0.2, 0.25) is 5.91 Å². The van der Waals surface area contributed by atoms with Crippen LogP contribution in [0.25, 0.3) is 0 Å². The minimum atomic E-state index is -4.76. The van der Waals surface area contributed by atoms with Gasteiger partial charge in [-0.2, -0.15) is 13.2 Å². The molecule has 0 radical (unpaired) electrons. The fourth-order valence-corrected chi connectivity index (χ4v) is 2.36. The van der Waals surface area contributed by atoms with Crippen LogP contribution in [0.5, 0.6) is 0 Å². The molecule has 0 aliphatic heterocycles. The lowest BCUT2D eigenvalue weighted by Crippen LogP contribution is -2.34. The minimum absolute atomic E-state index is 0.190. The summed E-state index contributed by atoms with van der Waals surface area (Å²) < 4.78 is 44.4. The highest BCUT2D eigenvalue weighted by molar-refractivity contribution is 5.75. The largest absolute Gasteiger partial charge is 0.421 e. The van der Waals surface area contributed by atoms with Crippen molar-refractivity contribution in [3.63, 3.8) is 0 Å². The van der Waals surface area contributed by atoms with Crippen LogP contribution in [0.15, 0.2) is 47.4 Å². The van der Waals surface area contributed by atoms with E-state index in [0.717, 1.165) is 28.0 Å². The van der Waals surface area contributed by atoms with Crippen LogP contribution in [-0.4, -0.2) is 17.1 Å². The lowest BCUT2D eigenvalue weighted by molar-refractivity contribution is -0.139. The molecule has 1 heterocycles. The van der Waals surface area contributed by atoms with E-state index in [1.165, 1.54) is 0 Å². The van der Waals surface area contributed by atoms with E-state index in [2.05, 4.69) is 5.32 Å². The van der Waals surface area contributed by atoms with Crippen molar-refractivity contribution >= 4 is 5.91 Å². The molecule has 0 atom stereocenters. The number of benzene rings is 1. The van der Waals surface area contributed by atoms with Crippen LogP contribution >= 0.6 is 0 Å². The Kier molecular flexibility index (Phi) is 6.57. The van der Waals surface area contributed by atoms with E-state index in [1.54, 1.807) is 0 Å². The third kappa shape index (κ3) is 5.19. The summed E-state index contributed by atoms with van der Waals surface area (Å²) in [5.74, 6) is -0.558. The van der Waals surface area contributed by atoms with Gasteiger partial charge in [0.25, 0.3) is 5.56 Å². The van der Waals surface area contributed by atoms with E-state index in [1.807, 2.05) is 31.2 Å². The van der Waals surface area contributed by atoms with Crippen molar-refractivity contribution in [3.05, 3.63) is 69.6 Å². The molecule has 0 unspecified atom stereocenters. The highest BCUT2D eigenvalue weighted by Gasteiger charge is 2.34. The van der Waals surface area contributed by atoms with Crippen LogP contribution in [-0.2, 0) is 35.4 Å². The Bertz CT molecular complexity index is 816. The Morgan fingerprint density at radius 3 is 2.50 bits per heavy atom. The number of rotatable bonds is 7. The number of aromatic nitrogens is 1. The number of nitrogens with zero attached hydrogens (tertiary/aromatic N) is 1. The van der Waals surface area contributed by atoms with Gasteiger partial charge in [-0.25, -0.2) is 0 Å². The summed E-state index contributed by atoms with van der Waals surface area (Å²) >= 11 is 0. The number of nitrogens with one attached hydrogen (secondary N) is 1. The summed E-state index contributed by atoms with van der Waals surface area (Å²) in [4.78, 5) is 23.9. The molecule has 26 heavy (non-hydrogen) atoms. The highest BCUT2D eigenvalue weighted by Crippen LogP contribution is 2.25. The number of alkyl halides is 3. The van der Waals surface area contributed by atoms with Gasteiger partial charge in [0, 0.05) is 19.3 Å². The summed E-state index contributed by atoms with van der Waals surface area (Å²) in [5.41, 5.74) is -0.793. The Balaban J connectivity index is 2.04. The number of ether oxygens (including phenoxy) is 1. The van der Waals surface area contributed by atoms with Crippen molar-refractivity contribution in [2.75, 3.05) is 6.61 Å². The molecule has 2 rings (SSSR count). The summed E-state index contributed by atoms with van der Waals surface area (Å²) in [6.45, 7) is 2.53. The van der Waals surface area contributed by atoms with Crippen molar-refractivity contribution in [2.24, 2.45) is 0 Å². The van der Waals surface area contributed by atoms with Crippen molar-refractivity contribution in [3.8, 4) is 0 Å². The van der Waals surface area contributed by atoms with Gasteiger partial charge in [0.05, 0.1) is 6.61 Å². The van der Waals surface area contributed by atoms with Crippen LogP contribution in [0.2, 0.25) is 0 Å². The fraction of sp³-hybridized carbons (Fsp3) is 0.333. The summed E-state index contributed by atoms with van der Waals surface area (Å²) in [5, 5.41) is 2.61. The second-order valence-electron chi connectivity index (χ2n) is 5.54. The van der Waals surface area contributed by atoms with Crippen LogP contribution in [0.1, 0.15) is 23.6 Å². The Labute approximate surface area is 148 Å². The first-order chi connectivity index (χ1) is 12.3. The molecule has 1 amide bonds. The monoisotopic (exact) mass is 368 g/mol. The quantitative estimate of drug-likeness (QED) is 0.818. The number of hydrogen-bond acceptors (Lipinski definition) is 3. The van der Waals surface area contributed by atoms with Crippen molar-refractivity contribution in [2.45, 2.75) is 32.8 Å². The van der Waals surface area contributed by atoms with Crippen LogP contribution in [0, 0.1) is 0 Å². The van der Waals surface area contributed by atoms with Gasteiger partial charge in [-0.1, -0.05) is 24.3 Å². The van der Waals surface area contributed by atoms with E-state index in [4.69, 9.17) is 4.74 Å². The fourth-order valence-electron chi connectivity index (χ4n) is 2.36. The molecule has 0 aliphatic carbocycles. The normalized spacial score (nSPS) is 11.4. The second kappa shape index (κ2) is 8.66. The molecule has 0 fully saturated rings. The smallest absolute Gasteiger partial charge is 0.377 e. The van der Waals surface area contributed by atoms with Crippen LogP contribution < -0.4 is 10.9 Å². The number of pyridine rings is 1. The molecule has 2 aromatic rings. The number of amides is 1. The van der Waals surface area contributed by atoms with Crippen molar-refractivity contribution in [1.82, 2.24) is 9.88 Å². The summed E-state index contributed by atoms with van der Waals surface area (Å²) in [7, 11) is 0. The standard InChI is InChI=1S/C18H19F3N2O3/c1-2-26-12-14-7-4-3-6-13(14)10-22-16(24)11-23-9-5-8-15(17(23)25)18(19,20)21/h3-9H,2,10-12H2,1H3,(H,22,24). The molecule has 0 bridgehead atoms. The molecule has 1 aromatic carbocycles. The maximum absolute atomic E-state index is 12.8. The van der Waals surface area contributed by atoms with Crippen molar-refractivity contribution in [1.29, 1.82) is 0 Å². The Morgan fingerprint density at radius 1 is 1.15 bits per heavy atom. The van der Waals surface area contributed by atoms with Gasteiger partial charge in [0.15, 0.2) is 0 Å². The van der Waals surface area contributed by atoms with Gasteiger partial charge in [-0.05, 0) is 30.2 Å². The minimum Gasteiger partial charge on any atom is -0.377 e. The summed E-state index contributed by atoms with van der Waals surface area (Å²) in [6, 6.07) is 9.14. The third-order valence-corrected chi connectivity index (χ3v) is 3.70. The lowest BCUT2D eigenvalue weighted by Gasteiger charge is -2.12. The zero-order valence-corrected chi connectivity index (χ0v) is 14.2. The first kappa shape index (κ1) is 19.7. The van der Waals surface area contributed by atoms with E-state index in [9.17, 15) is 22.8 Å².